The fraction of sp³-hybridized carbons (Fsp3) is 0.600. The van der Waals surface area contributed by atoms with Gasteiger partial charge in [-0.25, -0.2) is 4.39 Å². The van der Waals surface area contributed by atoms with Crippen molar-refractivity contribution in [3.05, 3.63) is 30.1 Å². The van der Waals surface area contributed by atoms with E-state index in [0.29, 0.717) is 22.4 Å². The van der Waals surface area contributed by atoms with Crippen LogP contribution < -0.4 is 4.43 Å². The number of hydrogen-bond donors (Lipinski definition) is 0. The Hall–Kier alpha value is -0.833. The zero-order chi connectivity index (χ0) is 13.9. The van der Waals surface area contributed by atoms with Gasteiger partial charge in [0.2, 0.25) is 0 Å². The minimum Gasteiger partial charge on any atom is -0.541 e. The van der Waals surface area contributed by atoms with E-state index in [-0.39, 0.29) is 5.82 Å². The molecule has 0 spiro atoms. The summed E-state index contributed by atoms with van der Waals surface area (Å²) >= 11 is 0. The van der Waals surface area contributed by atoms with Crippen LogP contribution in [0.2, 0.25) is 16.6 Å². The second kappa shape index (κ2) is 5.87. The minimum absolute atomic E-state index is 0.253. The molecule has 0 unspecified atom stereocenters. The molecule has 18 heavy (non-hydrogen) atoms. The summed E-state index contributed by atoms with van der Waals surface area (Å²) in [5, 5.41) is 0. The van der Waals surface area contributed by atoms with Gasteiger partial charge in [0.15, 0.2) is 5.82 Å². The Labute approximate surface area is 111 Å². The van der Waals surface area contributed by atoms with E-state index in [1.54, 1.807) is 12.1 Å². The van der Waals surface area contributed by atoms with E-state index in [2.05, 4.69) is 41.5 Å². The van der Waals surface area contributed by atoms with Crippen LogP contribution in [0.1, 0.15) is 41.5 Å². The Kier molecular flexibility index (Phi) is 4.97. The zero-order valence-electron chi connectivity index (χ0n) is 12.3. The van der Waals surface area contributed by atoms with Gasteiger partial charge in [0, 0.05) is 0 Å². The molecule has 1 nitrogen and oxygen atoms in total. The summed E-state index contributed by atoms with van der Waals surface area (Å²) in [6.45, 7) is 13.2. The smallest absolute Gasteiger partial charge is 0.258 e. The molecular weight excluding hydrogens is 243 g/mol. The van der Waals surface area contributed by atoms with Crippen molar-refractivity contribution < 1.29 is 8.82 Å². The molecule has 0 amide bonds. The molecule has 1 aromatic carbocycles. The van der Waals surface area contributed by atoms with E-state index in [1.165, 1.54) is 6.07 Å². The monoisotopic (exact) mass is 268 g/mol. The van der Waals surface area contributed by atoms with E-state index in [1.807, 2.05) is 6.07 Å². The standard InChI is InChI=1S/C15H25FOSi/c1-11(2)18(12(3)4,13(5)6)17-15-10-8-7-9-14(15)16/h7-13H,1-6H3. The largest absolute Gasteiger partial charge is 0.541 e. The third-order valence-electron chi connectivity index (χ3n) is 3.83. The molecule has 0 aliphatic rings. The van der Waals surface area contributed by atoms with Gasteiger partial charge in [-0.3, -0.25) is 0 Å². The second-order valence-corrected chi connectivity index (χ2v) is 11.2. The Bertz CT molecular complexity index is 366. The van der Waals surface area contributed by atoms with Crippen LogP contribution in [0.3, 0.4) is 0 Å². The van der Waals surface area contributed by atoms with Crippen molar-refractivity contribution in [1.29, 1.82) is 0 Å². The normalized spacial score (nSPS) is 12.6. The number of hydrogen-bond acceptors (Lipinski definition) is 1. The van der Waals surface area contributed by atoms with Crippen LogP contribution in [0.25, 0.3) is 0 Å². The summed E-state index contributed by atoms with van der Waals surface area (Å²) in [6.07, 6.45) is 0. The Morgan fingerprint density at radius 3 is 1.72 bits per heavy atom. The van der Waals surface area contributed by atoms with E-state index >= 15 is 0 Å². The van der Waals surface area contributed by atoms with Gasteiger partial charge in [0.1, 0.15) is 5.75 Å². The van der Waals surface area contributed by atoms with Gasteiger partial charge in [-0.05, 0) is 28.8 Å². The lowest BCUT2D eigenvalue weighted by molar-refractivity contribution is 0.446. The van der Waals surface area contributed by atoms with Crippen molar-refractivity contribution in [3.8, 4) is 5.75 Å². The molecule has 0 aromatic heterocycles. The SMILES string of the molecule is CC(C)[Si](Oc1ccccc1F)(C(C)C)C(C)C. The molecule has 0 fully saturated rings. The average molecular weight is 268 g/mol. The molecule has 0 radical (unpaired) electrons. The lowest BCUT2D eigenvalue weighted by Gasteiger charge is -2.42. The molecule has 1 rings (SSSR count). The maximum Gasteiger partial charge on any atom is 0.258 e. The molecule has 0 aliphatic carbocycles. The summed E-state index contributed by atoms with van der Waals surface area (Å²) in [5.74, 6) is 0.164. The van der Waals surface area contributed by atoms with Crippen molar-refractivity contribution in [2.75, 3.05) is 0 Å². The predicted molar refractivity (Wildman–Crippen MR) is 78.1 cm³/mol. The van der Waals surface area contributed by atoms with Crippen LogP contribution in [-0.4, -0.2) is 8.32 Å². The van der Waals surface area contributed by atoms with Gasteiger partial charge in [0.25, 0.3) is 8.32 Å². The van der Waals surface area contributed by atoms with Crippen LogP contribution >= 0.6 is 0 Å². The van der Waals surface area contributed by atoms with Crippen LogP contribution in [0.4, 0.5) is 4.39 Å². The molecule has 102 valence electrons. The molecule has 0 saturated heterocycles. The van der Waals surface area contributed by atoms with E-state index in [4.69, 9.17) is 4.43 Å². The number of halogens is 1. The van der Waals surface area contributed by atoms with Gasteiger partial charge >= 0.3 is 0 Å². The third-order valence-corrected chi connectivity index (χ3v) is 9.82. The van der Waals surface area contributed by atoms with Crippen LogP contribution in [0, 0.1) is 5.82 Å². The summed E-state index contributed by atoms with van der Waals surface area (Å²) in [7, 11) is -2.04. The maximum atomic E-state index is 13.8. The highest BCUT2D eigenvalue weighted by Gasteiger charge is 2.47. The third kappa shape index (κ3) is 2.77. The fourth-order valence-electron chi connectivity index (χ4n) is 3.07. The van der Waals surface area contributed by atoms with E-state index in [0.717, 1.165) is 0 Å². The minimum atomic E-state index is -2.04. The Morgan fingerprint density at radius 2 is 1.33 bits per heavy atom. The van der Waals surface area contributed by atoms with Crippen molar-refractivity contribution in [2.45, 2.75) is 58.2 Å². The molecule has 0 N–H and O–H groups in total. The molecule has 0 bridgehead atoms. The average Bonchev–Trinajstić information content (AvgIpc) is 2.26. The molecular formula is C15H25FOSi. The summed E-state index contributed by atoms with van der Waals surface area (Å²) < 4.78 is 20.1. The van der Waals surface area contributed by atoms with Crippen LogP contribution in [0.5, 0.6) is 5.75 Å². The van der Waals surface area contributed by atoms with Gasteiger partial charge in [-0.15, -0.1) is 0 Å². The van der Waals surface area contributed by atoms with E-state index < -0.39 is 8.32 Å². The van der Waals surface area contributed by atoms with Crippen molar-refractivity contribution in [2.24, 2.45) is 0 Å². The number of para-hydroxylation sites is 1. The molecule has 3 heteroatoms. The Balaban J connectivity index is 3.17. The highest BCUT2D eigenvalue weighted by Crippen LogP contribution is 2.43. The van der Waals surface area contributed by atoms with Crippen LogP contribution in [-0.2, 0) is 0 Å². The summed E-state index contributed by atoms with van der Waals surface area (Å²) in [5.41, 5.74) is 1.37. The molecule has 0 saturated carbocycles. The first-order chi connectivity index (χ1) is 8.32. The number of benzene rings is 1. The van der Waals surface area contributed by atoms with Gasteiger partial charge in [-0.1, -0.05) is 53.7 Å². The molecule has 1 aromatic rings. The lowest BCUT2D eigenvalue weighted by Crippen LogP contribution is -2.50. The maximum absolute atomic E-state index is 13.8. The summed E-state index contributed by atoms with van der Waals surface area (Å²) in [6, 6.07) is 6.74. The zero-order valence-corrected chi connectivity index (χ0v) is 13.3. The van der Waals surface area contributed by atoms with Crippen molar-refractivity contribution in [3.63, 3.8) is 0 Å². The molecule has 0 aliphatic heterocycles. The van der Waals surface area contributed by atoms with Crippen molar-refractivity contribution in [1.82, 2.24) is 0 Å². The van der Waals surface area contributed by atoms with Crippen molar-refractivity contribution >= 4 is 8.32 Å². The topological polar surface area (TPSA) is 9.23 Å². The van der Waals surface area contributed by atoms with Crippen LogP contribution in [0.15, 0.2) is 24.3 Å². The molecule has 0 heterocycles. The Morgan fingerprint density at radius 1 is 0.889 bits per heavy atom. The number of rotatable bonds is 5. The predicted octanol–water partition coefficient (Wildman–Crippen LogP) is 5.38. The summed E-state index contributed by atoms with van der Waals surface area (Å²) in [4.78, 5) is 0. The lowest BCUT2D eigenvalue weighted by atomic mass is 10.3. The first-order valence-electron chi connectivity index (χ1n) is 6.75. The second-order valence-electron chi connectivity index (χ2n) is 5.85. The quantitative estimate of drug-likeness (QED) is 0.651. The van der Waals surface area contributed by atoms with Gasteiger partial charge < -0.3 is 4.43 Å². The highest BCUT2D eigenvalue weighted by molar-refractivity contribution is 6.78. The first kappa shape index (κ1) is 15.2. The molecule has 0 atom stereocenters. The van der Waals surface area contributed by atoms with E-state index in [9.17, 15) is 4.39 Å². The highest BCUT2D eigenvalue weighted by atomic mass is 28.4. The first-order valence-corrected chi connectivity index (χ1v) is 8.90. The van der Waals surface area contributed by atoms with Gasteiger partial charge in [-0.2, -0.15) is 0 Å². The fourth-order valence-corrected chi connectivity index (χ4v) is 8.33. The van der Waals surface area contributed by atoms with Gasteiger partial charge in [0.05, 0.1) is 0 Å².